The number of rotatable bonds is 0. The van der Waals surface area contributed by atoms with Crippen LogP contribution in [0.5, 0.6) is 0 Å². The molecule has 1 saturated carbocycles. The largest absolute Gasteiger partial charge is 0.389 e. The Balaban J connectivity index is 2.20. The summed E-state index contributed by atoms with van der Waals surface area (Å²) in [4.78, 5) is 0. The molecule has 1 heteroatoms. The van der Waals surface area contributed by atoms with Crippen LogP contribution in [0, 0.1) is 11.3 Å². The molecule has 0 aromatic rings. The lowest BCUT2D eigenvalue weighted by molar-refractivity contribution is -0.00564. The molecule has 80 valence electrons. The first-order valence-corrected chi connectivity index (χ1v) is 5.84. The predicted molar refractivity (Wildman–Crippen MR) is 59.1 cm³/mol. The van der Waals surface area contributed by atoms with E-state index in [1.807, 2.05) is 0 Å². The van der Waals surface area contributed by atoms with Crippen LogP contribution in [0.3, 0.4) is 0 Å². The Labute approximate surface area is 87.2 Å². The summed E-state index contributed by atoms with van der Waals surface area (Å²) in [7, 11) is 0. The Morgan fingerprint density at radius 3 is 2.79 bits per heavy atom. The van der Waals surface area contributed by atoms with Crippen molar-refractivity contribution in [3.05, 3.63) is 11.6 Å². The summed E-state index contributed by atoms with van der Waals surface area (Å²) in [6, 6.07) is 0. The van der Waals surface area contributed by atoms with Gasteiger partial charge in [-0.2, -0.15) is 0 Å². The topological polar surface area (TPSA) is 20.2 Å². The van der Waals surface area contributed by atoms with Crippen LogP contribution >= 0.6 is 0 Å². The van der Waals surface area contributed by atoms with E-state index in [2.05, 4.69) is 26.8 Å². The Hall–Kier alpha value is -0.300. The third-order valence-corrected chi connectivity index (χ3v) is 4.03. The molecule has 2 rings (SSSR count). The van der Waals surface area contributed by atoms with E-state index in [9.17, 15) is 5.11 Å². The van der Waals surface area contributed by atoms with Gasteiger partial charge in [0.05, 0.1) is 5.60 Å². The zero-order valence-electron chi connectivity index (χ0n) is 9.64. The van der Waals surface area contributed by atoms with Crippen molar-refractivity contribution in [2.45, 2.75) is 58.5 Å². The molecule has 0 spiro atoms. The van der Waals surface area contributed by atoms with Crippen molar-refractivity contribution in [1.29, 1.82) is 0 Å². The number of hydrogen-bond acceptors (Lipinski definition) is 1. The Morgan fingerprint density at radius 1 is 1.43 bits per heavy atom. The van der Waals surface area contributed by atoms with Crippen LogP contribution in [0.25, 0.3) is 0 Å². The van der Waals surface area contributed by atoms with Crippen molar-refractivity contribution >= 4 is 0 Å². The molecule has 0 bridgehead atoms. The SMILES string of the molecule is CC(C)(C)C1=CC[C@H]2CCC[C@@]2(O)C1. The van der Waals surface area contributed by atoms with Crippen LogP contribution in [0.4, 0.5) is 0 Å². The maximum Gasteiger partial charge on any atom is 0.0715 e. The number of aliphatic hydroxyl groups is 1. The molecule has 1 N–H and O–H groups in total. The van der Waals surface area contributed by atoms with Gasteiger partial charge in [-0.25, -0.2) is 0 Å². The highest BCUT2D eigenvalue weighted by Gasteiger charge is 2.44. The maximum atomic E-state index is 10.5. The van der Waals surface area contributed by atoms with Gasteiger partial charge in [-0.1, -0.05) is 38.8 Å². The molecule has 1 fully saturated rings. The van der Waals surface area contributed by atoms with Crippen LogP contribution in [0.15, 0.2) is 11.6 Å². The van der Waals surface area contributed by atoms with E-state index in [-0.39, 0.29) is 11.0 Å². The second-order valence-corrected chi connectivity index (χ2v) is 6.08. The maximum absolute atomic E-state index is 10.5. The molecule has 0 amide bonds. The lowest BCUT2D eigenvalue weighted by Crippen LogP contribution is -2.37. The van der Waals surface area contributed by atoms with Crippen molar-refractivity contribution in [1.82, 2.24) is 0 Å². The average molecular weight is 194 g/mol. The van der Waals surface area contributed by atoms with Gasteiger partial charge in [-0.15, -0.1) is 0 Å². The summed E-state index contributed by atoms with van der Waals surface area (Å²) in [6.07, 6.45) is 7.86. The molecule has 0 aliphatic heterocycles. The minimum absolute atomic E-state index is 0.239. The molecule has 0 saturated heterocycles. The van der Waals surface area contributed by atoms with Crippen molar-refractivity contribution in [2.75, 3.05) is 0 Å². The quantitative estimate of drug-likeness (QED) is 0.587. The Morgan fingerprint density at radius 2 is 2.14 bits per heavy atom. The van der Waals surface area contributed by atoms with Crippen molar-refractivity contribution in [2.24, 2.45) is 11.3 Å². The zero-order valence-corrected chi connectivity index (χ0v) is 9.64. The van der Waals surface area contributed by atoms with E-state index in [0.29, 0.717) is 5.92 Å². The normalized spacial score (nSPS) is 38.0. The fraction of sp³-hybridized carbons (Fsp3) is 0.846. The minimum Gasteiger partial charge on any atom is -0.389 e. The minimum atomic E-state index is -0.350. The van der Waals surface area contributed by atoms with Crippen LogP contribution in [0.2, 0.25) is 0 Å². The average Bonchev–Trinajstić information content (AvgIpc) is 2.42. The lowest BCUT2D eigenvalue weighted by atomic mass is 9.71. The van der Waals surface area contributed by atoms with E-state index in [4.69, 9.17) is 0 Å². The number of hydrogen-bond donors (Lipinski definition) is 1. The smallest absolute Gasteiger partial charge is 0.0715 e. The fourth-order valence-corrected chi connectivity index (χ4v) is 2.96. The molecule has 2 aliphatic rings. The van der Waals surface area contributed by atoms with Gasteiger partial charge >= 0.3 is 0 Å². The van der Waals surface area contributed by atoms with Gasteiger partial charge < -0.3 is 5.11 Å². The van der Waals surface area contributed by atoms with E-state index >= 15 is 0 Å². The molecule has 2 atom stereocenters. The van der Waals surface area contributed by atoms with Gasteiger partial charge in [0.15, 0.2) is 0 Å². The lowest BCUT2D eigenvalue weighted by Gasteiger charge is -2.38. The summed E-state index contributed by atoms with van der Waals surface area (Å²) in [6.45, 7) is 6.74. The first kappa shape index (κ1) is 10.2. The van der Waals surface area contributed by atoms with Gasteiger partial charge in [0, 0.05) is 0 Å². The van der Waals surface area contributed by atoms with Crippen LogP contribution in [-0.4, -0.2) is 10.7 Å². The predicted octanol–water partition coefficient (Wildman–Crippen LogP) is 3.28. The van der Waals surface area contributed by atoms with Crippen molar-refractivity contribution in [3.63, 3.8) is 0 Å². The summed E-state index contributed by atoms with van der Waals surface area (Å²) < 4.78 is 0. The Kier molecular flexibility index (Phi) is 2.26. The molecule has 0 aromatic heterocycles. The molecular formula is C13H22O. The molecule has 1 nitrogen and oxygen atoms in total. The molecule has 2 aliphatic carbocycles. The van der Waals surface area contributed by atoms with E-state index in [1.165, 1.54) is 18.4 Å². The fourth-order valence-electron chi connectivity index (χ4n) is 2.96. The van der Waals surface area contributed by atoms with Crippen molar-refractivity contribution < 1.29 is 5.11 Å². The first-order chi connectivity index (χ1) is 6.42. The highest BCUT2D eigenvalue weighted by molar-refractivity contribution is 5.20. The zero-order chi connectivity index (χ0) is 10.4. The summed E-state index contributed by atoms with van der Waals surface area (Å²) in [5, 5.41) is 10.5. The summed E-state index contributed by atoms with van der Waals surface area (Å²) >= 11 is 0. The Bertz CT molecular complexity index is 259. The monoisotopic (exact) mass is 194 g/mol. The van der Waals surface area contributed by atoms with E-state index in [0.717, 1.165) is 19.3 Å². The van der Waals surface area contributed by atoms with Crippen LogP contribution < -0.4 is 0 Å². The van der Waals surface area contributed by atoms with Gasteiger partial charge in [-0.3, -0.25) is 0 Å². The molecule has 0 heterocycles. The van der Waals surface area contributed by atoms with Crippen LogP contribution in [-0.2, 0) is 0 Å². The van der Waals surface area contributed by atoms with Gasteiger partial charge in [0.25, 0.3) is 0 Å². The van der Waals surface area contributed by atoms with Gasteiger partial charge in [0.1, 0.15) is 0 Å². The highest BCUT2D eigenvalue weighted by atomic mass is 16.3. The molecule has 14 heavy (non-hydrogen) atoms. The molecule has 0 unspecified atom stereocenters. The third kappa shape index (κ3) is 1.63. The molecule has 0 radical (unpaired) electrons. The third-order valence-electron chi connectivity index (χ3n) is 4.03. The molecular weight excluding hydrogens is 172 g/mol. The van der Waals surface area contributed by atoms with E-state index < -0.39 is 0 Å². The standard InChI is InChI=1S/C13H22O/c1-12(2,3)11-7-6-10-5-4-8-13(10,14)9-11/h7,10,14H,4-6,8-9H2,1-3H3/t10-,13-/m1/s1. The second kappa shape index (κ2) is 3.10. The highest BCUT2D eigenvalue weighted by Crippen LogP contribution is 2.48. The summed E-state index contributed by atoms with van der Waals surface area (Å²) in [5.74, 6) is 0.550. The number of allylic oxidation sites excluding steroid dienone is 1. The first-order valence-electron chi connectivity index (χ1n) is 5.84. The second-order valence-electron chi connectivity index (χ2n) is 6.08. The summed E-state index contributed by atoms with van der Waals surface area (Å²) in [5.41, 5.74) is 1.35. The van der Waals surface area contributed by atoms with Crippen molar-refractivity contribution in [3.8, 4) is 0 Å². The van der Waals surface area contributed by atoms with Gasteiger partial charge in [-0.05, 0) is 37.0 Å². The molecule has 0 aromatic carbocycles. The van der Waals surface area contributed by atoms with E-state index in [1.54, 1.807) is 0 Å². The van der Waals surface area contributed by atoms with Gasteiger partial charge in [0.2, 0.25) is 0 Å². The van der Waals surface area contributed by atoms with Crippen LogP contribution in [0.1, 0.15) is 52.9 Å². The number of fused-ring (bicyclic) bond motifs is 1.